The summed E-state index contributed by atoms with van der Waals surface area (Å²) in [7, 11) is 1.62. The molecular formula is C23H24Cl2N6O. The minimum Gasteiger partial charge on any atom is -0.494 e. The van der Waals surface area contributed by atoms with E-state index in [1.54, 1.807) is 24.2 Å². The van der Waals surface area contributed by atoms with Crippen LogP contribution < -0.4 is 10.1 Å². The van der Waals surface area contributed by atoms with Gasteiger partial charge in [-0.3, -0.25) is 5.10 Å². The maximum Gasteiger partial charge on any atom is 0.246 e. The average Bonchev–Trinajstić information content (AvgIpc) is 3.46. The van der Waals surface area contributed by atoms with Crippen molar-refractivity contribution in [2.75, 3.05) is 18.3 Å². The molecule has 0 fully saturated rings. The number of nitrogens with one attached hydrogen (secondary N) is 2. The van der Waals surface area contributed by atoms with E-state index in [9.17, 15) is 0 Å². The van der Waals surface area contributed by atoms with E-state index in [2.05, 4.69) is 32.6 Å². The molecule has 1 atom stereocenters. The summed E-state index contributed by atoms with van der Waals surface area (Å²) in [6, 6.07) is 16.1. The van der Waals surface area contributed by atoms with Gasteiger partial charge >= 0.3 is 0 Å². The fourth-order valence-corrected chi connectivity index (χ4v) is 3.94. The lowest BCUT2D eigenvalue weighted by Gasteiger charge is -2.14. The van der Waals surface area contributed by atoms with Gasteiger partial charge in [-0.2, -0.15) is 4.98 Å². The normalized spacial score (nSPS) is 12.0. The van der Waals surface area contributed by atoms with Gasteiger partial charge in [0.05, 0.1) is 12.8 Å². The summed E-state index contributed by atoms with van der Waals surface area (Å²) in [5.41, 5.74) is 2.84. The molecule has 4 rings (SSSR count). The molecule has 0 aliphatic carbocycles. The van der Waals surface area contributed by atoms with Crippen molar-refractivity contribution in [3.8, 4) is 11.4 Å². The number of rotatable bonds is 10. The summed E-state index contributed by atoms with van der Waals surface area (Å²) in [5.74, 6) is 2.78. The lowest BCUT2D eigenvalue weighted by atomic mass is 9.93. The lowest BCUT2D eigenvalue weighted by molar-refractivity contribution is 0.413. The molecule has 2 heterocycles. The first-order valence-corrected chi connectivity index (χ1v) is 11.3. The van der Waals surface area contributed by atoms with E-state index in [1.807, 2.05) is 36.4 Å². The summed E-state index contributed by atoms with van der Waals surface area (Å²) in [6.07, 6.45) is 6.30. The monoisotopic (exact) mass is 470 g/mol. The van der Waals surface area contributed by atoms with Gasteiger partial charge < -0.3 is 14.6 Å². The largest absolute Gasteiger partial charge is 0.494 e. The van der Waals surface area contributed by atoms with Crippen LogP contribution >= 0.6 is 23.2 Å². The van der Waals surface area contributed by atoms with Crippen LogP contribution in [0.3, 0.4) is 0 Å². The van der Waals surface area contributed by atoms with Gasteiger partial charge in [-0.05, 0) is 30.5 Å². The van der Waals surface area contributed by atoms with Gasteiger partial charge in [0, 0.05) is 29.7 Å². The van der Waals surface area contributed by atoms with Crippen molar-refractivity contribution < 1.29 is 4.74 Å². The van der Waals surface area contributed by atoms with Crippen molar-refractivity contribution in [3.05, 3.63) is 77.6 Å². The highest BCUT2D eigenvalue weighted by Gasteiger charge is 2.18. The Morgan fingerprint density at radius 2 is 2.00 bits per heavy atom. The highest BCUT2D eigenvalue weighted by Crippen LogP contribution is 2.30. The number of unbranched alkanes of at least 4 members (excludes halogenated alkanes) is 1. The number of H-pyrrole nitrogens is 1. The van der Waals surface area contributed by atoms with Crippen molar-refractivity contribution in [2.24, 2.45) is 0 Å². The molecule has 9 heteroatoms. The molecule has 7 nitrogen and oxygen atoms in total. The number of hydrogen-bond acceptors (Lipinski definition) is 5. The zero-order valence-electron chi connectivity index (χ0n) is 17.6. The average molecular weight is 471 g/mol. The van der Waals surface area contributed by atoms with E-state index >= 15 is 0 Å². The van der Waals surface area contributed by atoms with Crippen LogP contribution in [-0.2, 0) is 0 Å². The molecule has 0 aliphatic rings. The zero-order valence-corrected chi connectivity index (χ0v) is 19.1. The van der Waals surface area contributed by atoms with Crippen LogP contribution in [-0.4, -0.2) is 37.7 Å². The first kappa shape index (κ1) is 22.2. The molecule has 32 heavy (non-hydrogen) atoms. The maximum absolute atomic E-state index is 5.94. The van der Waals surface area contributed by atoms with Crippen molar-refractivity contribution in [1.82, 2.24) is 24.7 Å². The molecule has 0 saturated carbocycles. The van der Waals surface area contributed by atoms with Gasteiger partial charge in [0.25, 0.3) is 0 Å². The van der Waals surface area contributed by atoms with E-state index < -0.39 is 0 Å². The number of methoxy groups -OCH3 is 1. The Balaban J connectivity index is 1.54. The van der Waals surface area contributed by atoms with Gasteiger partial charge in [-0.1, -0.05) is 48.4 Å². The topological polar surface area (TPSA) is 80.6 Å². The smallest absolute Gasteiger partial charge is 0.246 e. The number of aromatic nitrogens is 5. The second-order valence-electron chi connectivity index (χ2n) is 7.31. The van der Waals surface area contributed by atoms with Gasteiger partial charge in [-0.15, -0.1) is 16.7 Å². The van der Waals surface area contributed by atoms with Crippen LogP contribution in [0.4, 0.5) is 11.6 Å². The van der Waals surface area contributed by atoms with Crippen LogP contribution in [0, 0.1) is 0 Å². The lowest BCUT2D eigenvalue weighted by Crippen LogP contribution is -2.04. The number of ether oxygens (including phenoxy) is 1. The highest BCUT2D eigenvalue weighted by molar-refractivity contribution is 6.29. The fraction of sp³-hybridized carbons (Fsp3) is 0.261. The van der Waals surface area contributed by atoms with Gasteiger partial charge in [-0.25, -0.2) is 4.98 Å². The summed E-state index contributed by atoms with van der Waals surface area (Å²) in [4.78, 5) is 8.77. The molecule has 4 aromatic rings. The first-order chi connectivity index (χ1) is 15.7. The predicted molar refractivity (Wildman–Crippen MR) is 128 cm³/mol. The zero-order chi connectivity index (χ0) is 22.3. The number of imidazole rings is 1. The molecule has 0 amide bonds. The molecule has 0 spiro atoms. The van der Waals surface area contributed by atoms with Crippen LogP contribution in [0.2, 0.25) is 5.15 Å². The van der Waals surface area contributed by atoms with Crippen molar-refractivity contribution in [3.63, 3.8) is 0 Å². The maximum atomic E-state index is 5.94. The van der Waals surface area contributed by atoms with Crippen LogP contribution in [0.25, 0.3) is 5.69 Å². The Morgan fingerprint density at radius 1 is 1.16 bits per heavy atom. The molecule has 0 saturated heterocycles. The van der Waals surface area contributed by atoms with Gasteiger partial charge in [0.15, 0.2) is 0 Å². The van der Waals surface area contributed by atoms with E-state index in [4.69, 9.17) is 32.9 Å². The number of aromatic amines is 1. The Hall–Kier alpha value is -3.03. The Labute approximate surface area is 196 Å². The minimum absolute atomic E-state index is 0.130. The Kier molecular flexibility index (Phi) is 7.29. The van der Waals surface area contributed by atoms with E-state index in [-0.39, 0.29) is 5.92 Å². The van der Waals surface area contributed by atoms with Crippen LogP contribution in [0.5, 0.6) is 5.75 Å². The van der Waals surface area contributed by atoms with Crippen molar-refractivity contribution in [2.45, 2.75) is 25.2 Å². The quantitative estimate of drug-likeness (QED) is 0.221. The highest BCUT2D eigenvalue weighted by atomic mass is 35.5. The third-order valence-electron chi connectivity index (χ3n) is 5.18. The summed E-state index contributed by atoms with van der Waals surface area (Å²) < 4.78 is 7.36. The molecule has 0 aliphatic heterocycles. The van der Waals surface area contributed by atoms with E-state index in [1.165, 1.54) is 5.56 Å². The van der Waals surface area contributed by atoms with Gasteiger partial charge in [0.1, 0.15) is 23.1 Å². The summed E-state index contributed by atoms with van der Waals surface area (Å²) in [5, 5.41) is 11.2. The number of anilines is 2. The molecule has 0 bridgehead atoms. The molecule has 2 aromatic carbocycles. The molecule has 0 radical (unpaired) electrons. The number of hydrogen-bond donors (Lipinski definition) is 2. The molecule has 1 unspecified atom stereocenters. The van der Waals surface area contributed by atoms with Crippen LogP contribution in [0.1, 0.15) is 36.6 Å². The SMILES string of the molecule is COc1cc(Nc2n[nH]c(C(CCCCCl)c3ccccc3)n2)ccc1-n1cnc(Cl)c1. The molecule has 2 aromatic heterocycles. The number of nitrogens with zero attached hydrogens (tertiary/aromatic N) is 4. The third-order valence-corrected chi connectivity index (χ3v) is 5.64. The number of benzene rings is 2. The molecular weight excluding hydrogens is 447 g/mol. The van der Waals surface area contributed by atoms with Crippen molar-refractivity contribution in [1.29, 1.82) is 0 Å². The predicted octanol–water partition coefficient (Wildman–Crippen LogP) is 5.94. The number of halogens is 2. The Bertz CT molecular complexity index is 1140. The first-order valence-electron chi connectivity index (χ1n) is 10.4. The van der Waals surface area contributed by atoms with Crippen LogP contribution in [0.15, 0.2) is 61.1 Å². The molecule has 166 valence electrons. The standard InChI is InChI=1S/C23H24Cl2N6O/c1-32-20-13-17(10-11-19(20)31-14-21(25)26-15-31)27-23-28-22(29-30-23)18(9-5-6-12-24)16-7-3-2-4-8-16/h2-4,7-8,10-11,13-15,18H,5-6,9,12H2,1H3,(H2,27,28,29,30). The summed E-state index contributed by atoms with van der Waals surface area (Å²) >= 11 is 11.8. The van der Waals surface area contributed by atoms with E-state index in [0.717, 1.165) is 36.5 Å². The Morgan fingerprint density at radius 3 is 2.72 bits per heavy atom. The third kappa shape index (κ3) is 5.23. The fourth-order valence-electron chi connectivity index (χ4n) is 3.60. The molecule has 2 N–H and O–H groups in total. The van der Waals surface area contributed by atoms with Crippen molar-refractivity contribution >= 4 is 34.8 Å². The second kappa shape index (κ2) is 10.5. The van der Waals surface area contributed by atoms with Gasteiger partial charge in [0.2, 0.25) is 5.95 Å². The number of alkyl halides is 1. The van der Waals surface area contributed by atoms with E-state index in [0.29, 0.717) is 22.7 Å². The summed E-state index contributed by atoms with van der Waals surface area (Å²) in [6.45, 7) is 0. The second-order valence-corrected chi connectivity index (χ2v) is 8.07. The minimum atomic E-state index is 0.130.